The zero-order chi connectivity index (χ0) is 12.5. The Morgan fingerprint density at radius 3 is 2.65 bits per heavy atom. The van der Waals surface area contributed by atoms with Crippen LogP contribution in [-0.4, -0.2) is 35.6 Å². The second-order valence-corrected chi connectivity index (χ2v) is 4.99. The van der Waals surface area contributed by atoms with Crippen LogP contribution in [0.4, 0.5) is 5.82 Å². The van der Waals surface area contributed by atoms with Crippen LogP contribution in [0.15, 0.2) is 10.9 Å². The van der Waals surface area contributed by atoms with E-state index in [4.69, 9.17) is 0 Å². The Labute approximate surface area is 101 Å². The topological polar surface area (TPSA) is 61.0 Å². The number of piperidine rings is 1. The summed E-state index contributed by atoms with van der Waals surface area (Å²) >= 11 is 0. The zero-order valence-electron chi connectivity index (χ0n) is 10.7. The molecule has 0 spiro atoms. The molecule has 5 heteroatoms. The number of aromatic nitrogens is 2. The normalized spacial score (nSPS) is 19.4. The molecular formula is C12H20N4O. The monoisotopic (exact) mass is 236 g/mol. The minimum atomic E-state index is -0.0746. The highest BCUT2D eigenvalue weighted by Gasteiger charge is 2.28. The summed E-state index contributed by atoms with van der Waals surface area (Å²) in [5.41, 5.74) is 0.140. The van der Waals surface area contributed by atoms with Gasteiger partial charge in [0, 0.05) is 24.7 Å². The molecule has 0 amide bonds. The second kappa shape index (κ2) is 4.49. The Hall–Kier alpha value is -1.36. The fourth-order valence-electron chi connectivity index (χ4n) is 2.21. The highest BCUT2D eigenvalue weighted by atomic mass is 16.1. The fourth-order valence-corrected chi connectivity index (χ4v) is 2.21. The van der Waals surface area contributed by atoms with Crippen LogP contribution in [0.1, 0.15) is 25.6 Å². The molecule has 1 saturated heterocycles. The number of hydrogen-bond donors (Lipinski definition) is 2. The number of nitrogens with one attached hydrogen (secondary N) is 2. The molecule has 2 rings (SSSR count). The first kappa shape index (κ1) is 12.1. The molecule has 1 aromatic rings. The van der Waals surface area contributed by atoms with Crippen molar-refractivity contribution in [2.24, 2.45) is 0 Å². The van der Waals surface area contributed by atoms with Crippen LogP contribution in [0, 0.1) is 6.92 Å². The molecule has 0 unspecified atom stereocenters. The Balaban J connectivity index is 2.13. The van der Waals surface area contributed by atoms with Crippen LogP contribution < -0.4 is 15.8 Å². The summed E-state index contributed by atoms with van der Waals surface area (Å²) in [4.78, 5) is 20.6. The van der Waals surface area contributed by atoms with Crippen molar-refractivity contribution in [2.75, 3.05) is 25.0 Å². The minimum absolute atomic E-state index is 0.0746. The lowest BCUT2D eigenvalue weighted by molar-refractivity contribution is 0.304. The maximum atomic E-state index is 11.4. The molecule has 1 aliphatic rings. The lowest BCUT2D eigenvalue weighted by Crippen LogP contribution is -2.50. The van der Waals surface area contributed by atoms with Gasteiger partial charge in [0.15, 0.2) is 0 Å². The van der Waals surface area contributed by atoms with E-state index in [2.05, 4.69) is 27.1 Å². The van der Waals surface area contributed by atoms with Gasteiger partial charge in [-0.1, -0.05) is 0 Å². The number of hydrogen-bond acceptors (Lipinski definition) is 4. The first-order chi connectivity index (χ1) is 8.02. The van der Waals surface area contributed by atoms with Crippen molar-refractivity contribution >= 4 is 5.82 Å². The van der Waals surface area contributed by atoms with Gasteiger partial charge in [-0.15, -0.1) is 0 Å². The zero-order valence-corrected chi connectivity index (χ0v) is 10.7. The van der Waals surface area contributed by atoms with Crippen LogP contribution in [0.3, 0.4) is 0 Å². The minimum Gasteiger partial charge on any atom is -0.356 e. The third-order valence-corrected chi connectivity index (χ3v) is 3.64. The Bertz CT molecular complexity index is 446. The van der Waals surface area contributed by atoms with E-state index in [1.54, 1.807) is 6.07 Å². The molecule has 0 radical (unpaired) electrons. The maximum absolute atomic E-state index is 11.4. The molecule has 0 bridgehead atoms. The molecular weight excluding hydrogens is 216 g/mol. The number of aryl methyl sites for hydroxylation is 1. The van der Waals surface area contributed by atoms with Crippen LogP contribution in [0.2, 0.25) is 0 Å². The molecule has 2 heterocycles. The molecule has 0 saturated carbocycles. The SMILES string of the molecule is CNC1(C)CCN(c2cc(=O)[nH]c(C)n2)CC1. The van der Waals surface area contributed by atoms with Gasteiger partial charge in [-0.2, -0.15) is 0 Å². The summed E-state index contributed by atoms with van der Waals surface area (Å²) in [6.07, 6.45) is 2.13. The summed E-state index contributed by atoms with van der Waals surface area (Å²) in [6.45, 7) is 5.92. The summed E-state index contributed by atoms with van der Waals surface area (Å²) in [5.74, 6) is 1.47. The van der Waals surface area contributed by atoms with Crippen molar-refractivity contribution < 1.29 is 0 Å². The Morgan fingerprint density at radius 1 is 1.47 bits per heavy atom. The molecule has 17 heavy (non-hydrogen) atoms. The molecule has 94 valence electrons. The van der Waals surface area contributed by atoms with E-state index in [0.29, 0.717) is 5.82 Å². The third kappa shape index (κ3) is 2.66. The summed E-state index contributed by atoms with van der Waals surface area (Å²) in [5, 5.41) is 3.36. The maximum Gasteiger partial charge on any atom is 0.252 e. The van der Waals surface area contributed by atoms with Gasteiger partial charge in [-0.25, -0.2) is 4.98 Å². The van der Waals surface area contributed by atoms with E-state index in [1.807, 2.05) is 14.0 Å². The average Bonchev–Trinajstić information content (AvgIpc) is 2.29. The summed E-state index contributed by atoms with van der Waals surface area (Å²) in [7, 11) is 2.01. The van der Waals surface area contributed by atoms with Crippen molar-refractivity contribution in [3.8, 4) is 0 Å². The van der Waals surface area contributed by atoms with Gasteiger partial charge in [-0.05, 0) is 33.7 Å². The predicted molar refractivity (Wildman–Crippen MR) is 68.5 cm³/mol. The van der Waals surface area contributed by atoms with Crippen molar-refractivity contribution in [3.63, 3.8) is 0 Å². The fraction of sp³-hybridized carbons (Fsp3) is 0.667. The molecule has 1 aliphatic heterocycles. The highest BCUT2D eigenvalue weighted by Crippen LogP contribution is 2.23. The number of aromatic amines is 1. The van der Waals surface area contributed by atoms with Gasteiger partial charge in [0.1, 0.15) is 11.6 Å². The van der Waals surface area contributed by atoms with E-state index < -0.39 is 0 Å². The van der Waals surface area contributed by atoms with Crippen LogP contribution in [-0.2, 0) is 0 Å². The van der Waals surface area contributed by atoms with Crippen LogP contribution in [0.25, 0.3) is 0 Å². The van der Waals surface area contributed by atoms with Crippen molar-refractivity contribution in [2.45, 2.75) is 32.2 Å². The quantitative estimate of drug-likeness (QED) is 0.792. The first-order valence-corrected chi connectivity index (χ1v) is 6.04. The van der Waals surface area contributed by atoms with E-state index >= 15 is 0 Å². The largest absolute Gasteiger partial charge is 0.356 e. The standard InChI is InChI=1S/C12H20N4O/c1-9-14-10(8-11(17)15-9)16-6-4-12(2,13-3)5-7-16/h8,13H,4-7H2,1-3H3,(H,14,15,17). The van der Waals surface area contributed by atoms with Gasteiger partial charge in [0.25, 0.3) is 5.56 Å². The smallest absolute Gasteiger partial charge is 0.252 e. The molecule has 0 aromatic carbocycles. The van der Waals surface area contributed by atoms with E-state index in [9.17, 15) is 4.79 Å². The first-order valence-electron chi connectivity index (χ1n) is 6.04. The molecule has 1 aromatic heterocycles. The second-order valence-electron chi connectivity index (χ2n) is 4.99. The van der Waals surface area contributed by atoms with Gasteiger partial charge < -0.3 is 15.2 Å². The van der Waals surface area contributed by atoms with Gasteiger partial charge in [0.2, 0.25) is 0 Å². The molecule has 1 fully saturated rings. The molecule has 0 atom stereocenters. The predicted octanol–water partition coefficient (Wildman–Crippen LogP) is 0.657. The lowest BCUT2D eigenvalue weighted by Gasteiger charge is -2.39. The van der Waals surface area contributed by atoms with Crippen molar-refractivity contribution in [1.82, 2.24) is 15.3 Å². The number of nitrogens with zero attached hydrogens (tertiary/aromatic N) is 2. The Kier molecular flexibility index (Phi) is 3.19. The van der Waals surface area contributed by atoms with Gasteiger partial charge in [0.05, 0.1) is 0 Å². The van der Waals surface area contributed by atoms with E-state index in [0.717, 1.165) is 31.7 Å². The lowest BCUT2D eigenvalue weighted by atomic mass is 9.90. The highest BCUT2D eigenvalue weighted by molar-refractivity contribution is 5.38. The molecule has 0 aliphatic carbocycles. The van der Waals surface area contributed by atoms with Crippen LogP contribution in [0.5, 0.6) is 0 Å². The Morgan fingerprint density at radius 2 is 2.12 bits per heavy atom. The van der Waals surface area contributed by atoms with Crippen LogP contribution >= 0.6 is 0 Å². The average molecular weight is 236 g/mol. The third-order valence-electron chi connectivity index (χ3n) is 3.64. The number of H-pyrrole nitrogens is 1. The molecule has 2 N–H and O–H groups in total. The number of rotatable bonds is 2. The summed E-state index contributed by atoms with van der Waals surface area (Å²) in [6, 6.07) is 1.58. The van der Waals surface area contributed by atoms with E-state index in [1.165, 1.54) is 0 Å². The van der Waals surface area contributed by atoms with Crippen molar-refractivity contribution in [1.29, 1.82) is 0 Å². The van der Waals surface area contributed by atoms with Gasteiger partial charge in [-0.3, -0.25) is 4.79 Å². The summed E-state index contributed by atoms with van der Waals surface area (Å²) < 4.78 is 0. The van der Waals surface area contributed by atoms with Gasteiger partial charge >= 0.3 is 0 Å². The number of anilines is 1. The van der Waals surface area contributed by atoms with E-state index in [-0.39, 0.29) is 11.1 Å². The molecule has 5 nitrogen and oxygen atoms in total. The van der Waals surface area contributed by atoms with Crippen molar-refractivity contribution in [3.05, 3.63) is 22.2 Å².